The molecule has 2 aliphatic rings. The fourth-order valence-electron chi connectivity index (χ4n) is 4.80. The van der Waals surface area contributed by atoms with Crippen LogP contribution in [0.25, 0.3) is 11.2 Å². The van der Waals surface area contributed by atoms with Crippen molar-refractivity contribution in [3.8, 4) is 0 Å². The number of imidazole rings is 1. The first-order valence-electron chi connectivity index (χ1n) is 7.87. The molecule has 118 valence electrons. The first-order chi connectivity index (χ1) is 10.4. The van der Waals surface area contributed by atoms with Gasteiger partial charge in [0.1, 0.15) is 11.8 Å². The zero-order valence-electron chi connectivity index (χ0n) is 13.1. The van der Waals surface area contributed by atoms with Crippen LogP contribution in [0.4, 0.5) is 0 Å². The zero-order valence-corrected chi connectivity index (χ0v) is 14.8. The summed E-state index contributed by atoms with van der Waals surface area (Å²) >= 11 is 6.12. The van der Waals surface area contributed by atoms with Gasteiger partial charge in [0.15, 0.2) is 10.8 Å². The van der Waals surface area contributed by atoms with E-state index in [9.17, 15) is 5.11 Å². The van der Waals surface area contributed by atoms with Gasteiger partial charge in [-0.15, -0.1) is 0 Å². The van der Waals surface area contributed by atoms with Crippen LogP contribution in [0.1, 0.15) is 12.5 Å². The highest BCUT2D eigenvalue weighted by molar-refractivity contribution is 6.78. The third-order valence-corrected chi connectivity index (χ3v) is 8.62. The fraction of sp³-hybridized carbons (Fsp3) is 0.667. The van der Waals surface area contributed by atoms with Gasteiger partial charge in [-0.3, -0.25) is 0 Å². The molecule has 0 aliphatic heterocycles. The lowest BCUT2D eigenvalue weighted by Gasteiger charge is -2.25. The number of aliphatic hydroxyl groups is 1. The van der Waals surface area contributed by atoms with Crippen LogP contribution in [-0.2, 0) is 0 Å². The van der Waals surface area contributed by atoms with Gasteiger partial charge < -0.3 is 9.67 Å². The first-order valence-corrected chi connectivity index (χ1v) is 11.8. The number of hydrogen-bond acceptors (Lipinski definition) is 4. The van der Waals surface area contributed by atoms with E-state index in [0.29, 0.717) is 41.1 Å². The van der Waals surface area contributed by atoms with Crippen molar-refractivity contribution in [3.63, 3.8) is 0 Å². The second-order valence-electron chi connectivity index (χ2n) is 7.78. The number of aromatic nitrogens is 4. The van der Waals surface area contributed by atoms with Crippen molar-refractivity contribution >= 4 is 30.8 Å². The molecule has 0 unspecified atom stereocenters. The normalized spacial score (nSPS) is 34.1. The van der Waals surface area contributed by atoms with E-state index in [-0.39, 0.29) is 0 Å². The summed E-state index contributed by atoms with van der Waals surface area (Å²) in [5.74, 6) is 1.76. The fourth-order valence-corrected chi connectivity index (χ4v) is 8.12. The molecule has 2 heterocycles. The second kappa shape index (κ2) is 4.76. The van der Waals surface area contributed by atoms with Crippen LogP contribution in [0.15, 0.2) is 12.7 Å². The van der Waals surface area contributed by atoms with Crippen LogP contribution in [-0.4, -0.2) is 39.3 Å². The smallest absolute Gasteiger partial charge is 0.165 e. The van der Waals surface area contributed by atoms with Gasteiger partial charge in [-0.25, -0.2) is 15.0 Å². The summed E-state index contributed by atoms with van der Waals surface area (Å²) in [6.07, 6.45) is 4.37. The van der Waals surface area contributed by atoms with E-state index >= 15 is 0 Å². The molecule has 0 amide bonds. The van der Waals surface area contributed by atoms with Gasteiger partial charge in [0, 0.05) is 20.7 Å². The summed E-state index contributed by atoms with van der Waals surface area (Å²) in [5, 5.41) is 10.2. The third-order valence-electron chi connectivity index (χ3n) is 5.57. The lowest BCUT2D eigenvalue weighted by atomic mass is 10.0. The molecule has 22 heavy (non-hydrogen) atoms. The van der Waals surface area contributed by atoms with Crippen LogP contribution >= 0.6 is 11.6 Å². The van der Waals surface area contributed by atoms with Crippen molar-refractivity contribution in [1.82, 2.24) is 19.5 Å². The van der Waals surface area contributed by atoms with E-state index in [4.69, 9.17) is 11.6 Å². The summed E-state index contributed by atoms with van der Waals surface area (Å²) < 4.78 is 2.18. The van der Waals surface area contributed by atoms with E-state index < -0.39 is 8.07 Å². The SMILES string of the molecule is C[Si](C)(C)[C@H]1[C@@H]2[C@H](CO)C[C@H](n3cnc4c(Cl)ncnc43)[C@H]21. The van der Waals surface area contributed by atoms with E-state index in [2.05, 4.69) is 39.2 Å². The van der Waals surface area contributed by atoms with Crippen molar-refractivity contribution in [2.45, 2.75) is 37.6 Å². The molecule has 7 heteroatoms. The topological polar surface area (TPSA) is 63.8 Å². The Morgan fingerprint density at radius 3 is 2.73 bits per heavy atom. The van der Waals surface area contributed by atoms with E-state index in [1.807, 2.05) is 6.33 Å². The number of aliphatic hydroxyl groups excluding tert-OH is 1. The second-order valence-corrected chi connectivity index (χ2v) is 13.5. The van der Waals surface area contributed by atoms with Gasteiger partial charge in [-0.05, 0) is 29.7 Å². The van der Waals surface area contributed by atoms with E-state index in [1.165, 1.54) is 6.33 Å². The molecule has 2 saturated carbocycles. The Bertz CT molecular complexity index is 728. The van der Waals surface area contributed by atoms with E-state index in [0.717, 1.165) is 17.6 Å². The molecule has 0 radical (unpaired) electrons. The monoisotopic (exact) mass is 336 g/mol. The Hall–Kier alpha value is -0.983. The van der Waals surface area contributed by atoms with Crippen molar-refractivity contribution in [2.75, 3.05) is 6.61 Å². The van der Waals surface area contributed by atoms with Crippen molar-refractivity contribution in [1.29, 1.82) is 0 Å². The quantitative estimate of drug-likeness (QED) is 0.691. The van der Waals surface area contributed by atoms with E-state index in [1.54, 1.807) is 0 Å². The molecule has 5 nitrogen and oxygen atoms in total. The standard InChI is InChI=1S/C15H21ClN4OSi/c1-22(2,3)13-10-8(5-21)4-9(11(10)13)20-7-19-12-14(16)17-6-18-15(12)20/h6-11,13,21H,4-5H2,1-3H3/t8-,9-,10+,11+,13-/m0/s1. The molecular formula is C15H21ClN4OSi. The van der Waals surface area contributed by atoms with Crippen molar-refractivity contribution in [2.24, 2.45) is 17.8 Å². The lowest BCUT2D eigenvalue weighted by molar-refractivity contribution is 0.208. The molecule has 0 aromatic carbocycles. The number of rotatable bonds is 3. The van der Waals surface area contributed by atoms with Crippen molar-refractivity contribution < 1.29 is 5.11 Å². The van der Waals surface area contributed by atoms with Gasteiger partial charge in [-0.2, -0.15) is 0 Å². The van der Waals surface area contributed by atoms with Gasteiger partial charge in [0.25, 0.3) is 0 Å². The molecule has 2 aliphatic carbocycles. The predicted molar refractivity (Wildman–Crippen MR) is 88.6 cm³/mol. The van der Waals surface area contributed by atoms with Crippen molar-refractivity contribution in [3.05, 3.63) is 17.8 Å². The maximum atomic E-state index is 9.76. The summed E-state index contributed by atoms with van der Waals surface area (Å²) in [5.41, 5.74) is 2.29. The highest BCUT2D eigenvalue weighted by Crippen LogP contribution is 2.71. The molecule has 0 spiro atoms. The molecule has 5 atom stereocenters. The van der Waals surface area contributed by atoms with Crippen LogP contribution in [0, 0.1) is 17.8 Å². The molecular weight excluding hydrogens is 316 g/mol. The first kappa shape index (κ1) is 14.6. The van der Waals surface area contributed by atoms with Gasteiger partial charge in [-0.1, -0.05) is 31.2 Å². The van der Waals surface area contributed by atoms with Gasteiger partial charge in [0.2, 0.25) is 0 Å². The maximum Gasteiger partial charge on any atom is 0.165 e. The number of nitrogens with zero attached hydrogens (tertiary/aromatic N) is 4. The van der Waals surface area contributed by atoms with Gasteiger partial charge >= 0.3 is 0 Å². The predicted octanol–water partition coefficient (Wildman–Crippen LogP) is 2.99. The summed E-state index contributed by atoms with van der Waals surface area (Å²) in [6, 6.07) is 0.384. The number of hydrogen-bond donors (Lipinski definition) is 1. The molecule has 2 aromatic heterocycles. The Kier molecular flexibility index (Phi) is 3.16. The minimum Gasteiger partial charge on any atom is -0.396 e. The Labute approximate surface area is 135 Å². The summed E-state index contributed by atoms with van der Waals surface area (Å²) in [7, 11) is -1.21. The molecule has 1 N–H and O–H groups in total. The molecule has 2 aromatic rings. The minimum atomic E-state index is -1.21. The summed E-state index contributed by atoms with van der Waals surface area (Å²) in [6.45, 7) is 7.60. The minimum absolute atomic E-state index is 0.293. The molecule has 0 bridgehead atoms. The Morgan fingerprint density at radius 1 is 1.27 bits per heavy atom. The molecule has 4 rings (SSSR count). The Morgan fingerprint density at radius 2 is 2.05 bits per heavy atom. The highest BCUT2D eigenvalue weighted by atomic mass is 35.5. The van der Waals surface area contributed by atoms with Crippen LogP contribution in [0.2, 0.25) is 30.3 Å². The summed E-state index contributed by atoms with van der Waals surface area (Å²) in [4.78, 5) is 12.8. The largest absolute Gasteiger partial charge is 0.396 e. The van der Waals surface area contributed by atoms with Gasteiger partial charge in [0.05, 0.1) is 6.33 Å². The molecule has 0 saturated heterocycles. The highest BCUT2D eigenvalue weighted by Gasteiger charge is 2.66. The number of halogens is 1. The third kappa shape index (κ3) is 1.97. The van der Waals surface area contributed by atoms with Crippen LogP contribution in [0.5, 0.6) is 0 Å². The van der Waals surface area contributed by atoms with Crippen LogP contribution in [0.3, 0.4) is 0 Å². The molecule has 2 fully saturated rings. The average Bonchev–Trinajstić information content (AvgIpc) is 2.88. The van der Waals surface area contributed by atoms with Crippen LogP contribution < -0.4 is 0 Å². The zero-order chi connectivity index (χ0) is 15.6. The lowest BCUT2D eigenvalue weighted by Crippen LogP contribution is -2.27. The average molecular weight is 337 g/mol. The number of fused-ring (bicyclic) bond motifs is 2. The maximum absolute atomic E-state index is 9.76. The Balaban J connectivity index is 1.75.